The average Bonchev–Trinajstić information content (AvgIpc) is 2.79. The Morgan fingerprint density at radius 3 is 1.81 bits per heavy atom. The maximum absolute atomic E-state index is 12.8. The smallest absolute Gasteiger partial charge is 0.343 e. The topological polar surface area (TPSA) is 80.3 Å². The zero-order valence-corrected chi connectivity index (χ0v) is 19.0. The minimum Gasteiger partial charge on any atom is -0.497 e. The highest BCUT2D eigenvalue weighted by Crippen LogP contribution is 2.52. The Kier molecular flexibility index (Phi) is 6.58. The van der Waals surface area contributed by atoms with Crippen molar-refractivity contribution in [1.82, 2.24) is 0 Å². The van der Waals surface area contributed by atoms with Gasteiger partial charge in [-0.05, 0) is 51.1 Å². The summed E-state index contributed by atoms with van der Waals surface area (Å²) < 4.78 is 28.0. The van der Waals surface area contributed by atoms with Crippen molar-refractivity contribution >= 4 is 22.7 Å². The second-order valence-corrected chi connectivity index (χ2v) is 8.03. The average molecular weight is 438 g/mol. The number of methoxy groups -OCH3 is 3. The van der Waals surface area contributed by atoms with Crippen LogP contribution in [-0.4, -0.2) is 33.3 Å². The van der Waals surface area contributed by atoms with E-state index in [4.69, 9.17) is 23.7 Å². The first-order chi connectivity index (χ1) is 15.2. The molecule has 0 spiro atoms. The zero-order valence-electron chi connectivity index (χ0n) is 19.0. The Balaban J connectivity index is 2.27. The lowest BCUT2D eigenvalue weighted by Gasteiger charge is -2.22. The summed E-state index contributed by atoms with van der Waals surface area (Å²) >= 11 is 0. The second-order valence-electron chi connectivity index (χ2n) is 8.03. The molecular weight excluding hydrogens is 412 g/mol. The van der Waals surface area contributed by atoms with Gasteiger partial charge in [-0.2, -0.15) is 0 Å². The first-order valence-corrected chi connectivity index (χ1v) is 9.96. The van der Waals surface area contributed by atoms with Crippen molar-refractivity contribution in [3.05, 3.63) is 54.1 Å². The van der Waals surface area contributed by atoms with Gasteiger partial charge >= 0.3 is 11.9 Å². The number of fused-ring (bicyclic) bond motifs is 1. The summed E-state index contributed by atoms with van der Waals surface area (Å²) in [5.41, 5.74) is -0.388. The van der Waals surface area contributed by atoms with E-state index in [9.17, 15) is 9.59 Å². The highest BCUT2D eigenvalue weighted by Gasteiger charge is 2.31. The van der Waals surface area contributed by atoms with Gasteiger partial charge in [0.1, 0.15) is 5.75 Å². The predicted molar refractivity (Wildman–Crippen MR) is 120 cm³/mol. The third-order valence-electron chi connectivity index (χ3n) is 4.75. The van der Waals surface area contributed by atoms with E-state index in [0.29, 0.717) is 22.1 Å². The van der Waals surface area contributed by atoms with Crippen molar-refractivity contribution in [3.63, 3.8) is 0 Å². The molecule has 0 atom stereocenters. The number of hydrogen-bond acceptors (Lipinski definition) is 7. The van der Waals surface area contributed by atoms with Crippen LogP contribution in [0.1, 0.15) is 31.1 Å². The van der Waals surface area contributed by atoms with Gasteiger partial charge in [-0.25, -0.2) is 4.79 Å². The van der Waals surface area contributed by atoms with Gasteiger partial charge in [-0.3, -0.25) is 4.79 Å². The van der Waals surface area contributed by atoms with Gasteiger partial charge in [0.05, 0.1) is 32.3 Å². The molecule has 3 rings (SSSR count). The van der Waals surface area contributed by atoms with Crippen LogP contribution in [0.2, 0.25) is 0 Å². The van der Waals surface area contributed by atoms with Crippen LogP contribution in [0, 0.1) is 5.41 Å². The molecule has 0 fully saturated rings. The molecule has 0 heterocycles. The van der Waals surface area contributed by atoms with E-state index in [2.05, 4.69) is 0 Å². The number of ether oxygens (including phenoxy) is 5. The van der Waals surface area contributed by atoms with Gasteiger partial charge in [0.2, 0.25) is 11.5 Å². The molecule has 0 amide bonds. The van der Waals surface area contributed by atoms with Crippen LogP contribution in [0.3, 0.4) is 0 Å². The summed E-state index contributed by atoms with van der Waals surface area (Å²) in [5, 5.41) is 0.958. The summed E-state index contributed by atoms with van der Waals surface area (Å²) in [6, 6.07) is 13.7. The molecule has 3 aromatic rings. The summed E-state index contributed by atoms with van der Waals surface area (Å²) in [6.07, 6.45) is 0. The van der Waals surface area contributed by atoms with Crippen LogP contribution in [-0.2, 0) is 4.79 Å². The quantitative estimate of drug-likeness (QED) is 0.394. The van der Waals surface area contributed by atoms with Gasteiger partial charge in [0.15, 0.2) is 11.5 Å². The molecule has 0 aliphatic rings. The lowest BCUT2D eigenvalue weighted by Crippen LogP contribution is -2.26. The summed E-state index contributed by atoms with van der Waals surface area (Å²) in [6.45, 7) is 5.24. The zero-order chi connectivity index (χ0) is 23.5. The van der Waals surface area contributed by atoms with Crippen LogP contribution >= 0.6 is 0 Å². The molecule has 0 bridgehead atoms. The SMILES string of the molecule is COc1ccc2c(OC(=O)c3ccccc3)c(OC)c(OC)c(OC(=O)C(C)(C)C)c2c1. The van der Waals surface area contributed by atoms with Gasteiger partial charge < -0.3 is 23.7 Å². The molecule has 7 nitrogen and oxygen atoms in total. The predicted octanol–water partition coefficient (Wildman–Crippen LogP) is 5.04. The Morgan fingerprint density at radius 2 is 1.28 bits per heavy atom. The van der Waals surface area contributed by atoms with E-state index < -0.39 is 17.4 Å². The first-order valence-electron chi connectivity index (χ1n) is 9.96. The summed E-state index contributed by atoms with van der Waals surface area (Å²) in [4.78, 5) is 25.5. The van der Waals surface area contributed by atoms with E-state index in [1.807, 2.05) is 0 Å². The molecule has 3 aromatic carbocycles. The van der Waals surface area contributed by atoms with Crippen molar-refractivity contribution in [2.45, 2.75) is 20.8 Å². The third kappa shape index (κ3) is 4.46. The molecule has 0 saturated heterocycles. The Labute approximate surface area is 186 Å². The van der Waals surface area contributed by atoms with Crippen LogP contribution in [0.25, 0.3) is 10.8 Å². The molecule has 0 radical (unpaired) electrons. The summed E-state index contributed by atoms with van der Waals surface area (Å²) in [7, 11) is 4.36. The van der Waals surface area contributed by atoms with Gasteiger partial charge in [-0.15, -0.1) is 0 Å². The van der Waals surface area contributed by atoms with Crippen molar-refractivity contribution < 1.29 is 33.3 Å². The number of rotatable bonds is 6. The normalized spacial score (nSPS) is 11.1. The second kappa shape index (κ2) is 9.18. The van der Waals surface area contributed by atoms with Crippen LogP contribution in [0.15, 0.2) is 48.5 Å². The monoisotopic (exact) mass is 438 g/mol. The number of carbonyl (C=O) groups is 2. The third-order valence-corrected chi connectivity index (χ3v) is 4.75. The van der Waals surface area contributed by atoms with Gasteiger partial charge in [0, 0.05) is 10.8 Å². The Hall–Kier alpha value is -3.74. The fourth-order valence-electron chi connectivity index (χ4n) is 3.03. The molecular formula is C25H26O7. The van der Waals surface area contributed by atoms with Crippen LogP contribution in [0.5, 0.6) is 28.7 Å². The standard InChI is InChI=1S/C25H26O7/c1-25(2,3)24(27)32-20-18-14-16(28-4)12-13-17(18)19(21(29-5)22(20)30-6)31-23(26)15-10-8-7-9-11-15/h7-14H,1-6H3. The van der Waals surface area contributed by atoms with Crippen molar-refractivity contribution in [2.24, 2.45) is 5.41 Å². The number of esters is 2. The van der Waals surface area contributed by atoms with E-state index in [0.717, 1.165) is 0 Å². The minimum absolute atomic E-state index is 0.127. The van der Waals surface area contributed by atoms with Crippen molar-refractivity contribution in [2.75, 3.05) is 21.3 Å². The molecule has 0 aliphatic heterocycles. The number of hydrogen-bond donors (Lipinski definition) is 0. The summed E-state index contributed by atoms with van der Waals surface area (Å²) in [5.74, 6) is 0.0496. The lowest BCUT2D eigenvalue weighted by atomic mass is 9.97. The molecule has 7 heteroatoms. The largest absolute Gasteiger partial charge is 0.497 e. The molecule has 0 saturated carbocycles. The number of carbonyl (C=O) groups excluding carboxylic acids is 2. The molecule has 0 aromatic heterocycles. The van der Waals surface area contributed by atoms with E-state index >= 15 is 0 Å². The Bertz CT molecular complexity index is 1140. The van der Waals surface area contributed by atoms with E-state index in [1.54, 1.807) is 69.3 Å². The molecule has 0 aliphatic carbocycles. The van der Waals surface area contributed by atoms with Crippen molar-refractivity contribution in [3.8, 4) is 28.7 Å². The van der Waals surface area contributed by atoms with Crippen LogP contribution in [0.4, 0.5) is 0 Å². The first kappa shape index (κ1) is 22.9. The number of benzene rings is 3. The van der Waals surface area contributed by atoms with E-state index in [1.165, 1.54) is 21.3 Å². The highest BCUT2D eigenvalue weighted by molar-refractivity contribution is 6.03. The molecule has 0 N–H and O–H groups in total. The molecule has 0 unspecified atom stereocenters. The maximum Gasteiger partial charge on any atom is 0.343 e. The minimum atomic E-state index is -0.762. The van der Waals surface area contributed by atoms with Crippen LogP contribution < -0.4 is 23.7 Å². The molecule has 32 heavy (non-hydrogen) atoms. The lowest BCUT2D eigenvalue weighted by molar-refractivity contribution is -0.143. The van der Waals surface area contributed by atoms with Gasteiger partial charge in [0.25, 0.3) is 0 Å². The molecule has 168 valence electrons. The van der Waals surface area contributed by atoms with Gasteiger partial charge in [-0.1, -0.05) is 18.2 Å². The fraction of sp³-hybridized carbons (Fsp3) is 0.280. The fourth-order valence-corrected chi connectivity index (χ4v) is 3.03. The maximum atomic E-state index is 12.8. The highest BCUT2D eigenvalue weighted by atomic mass is 16.6. The van der Waals surface area contributed by atoms with E-state index in [-0.39, 0.29) is 23.0 Å². The Morgan fingerprint density at radius 1 is 0.688 bits per heavy atom. The van der Waals surface area contributed by atoms with Crippen molar-refractivity contribution in [1.29, 1.82) is 0 Å².